The van der Waals surface area contributed by atoms with Crippen molar-refractivity contribution in [3.8, 4) is 5.75 Å². The number of ether oxygens (including phenoxy) is 3. The minimum absolute atomic E-state index is 0.0488. The molecule has 4 bridgehead atoms. The van der Waals surface area contributed by atoms with Gasteiger partial charge in [-0.3, -0.25) is 4.79 Å². The molecule has 198 valence electrons. The topological polar surface area (TPSA) is 108 Å². The molecule has 0 spiro atoms. The summed E-state index contributed by atoms with van der Waals surface area (Å²) in [5.74, 6) is -1.82. The van der Waals surface area contributed by atoms with E-state index < -0.39 is 50.6 Å². The minimum Gasteiger partial charge on any atom is -0.440 e. The van der Waals surface area contributed by atoms with E-state index in [9.17, 15) is 18.0 Å². The largest absolute Gasteiger partial charge is 0.440 e. The van der Waals surface area contributed by atoms with E-state index in [1.807, 2.05) is 24.3 Å². The van der Waals surface area contributed by atoms with Gasteiger partial charge in [0.15, 0.2) is 0 Å². The van der Waals surface area contributed by atoms with Crippen LogP contribution in [0, 0.1) is 5.92 Å². The van der Waals surface area contributed by atoms with Gasteiger partial charge >= 0.3 is 11.9 Å². The molecular formula is C30H25NO7S. The Balaban J connectivity index is 1.13. The fraction of sp³-hybridized carbons (Fsp3) is 0.333. The highest BCUT2D eigenvalue weighted by atomic mass is 32.2. The summed E-state index contributed by atoms with van der Waals surface area (Å²) < 4.78 is 45.4. The molecule has 0 amide bonds. The lowest BCUT2D eigenvalue weighted by Crippen LogP contribution is -2.58. The molecule has 0 radical (unpaired) electrons. The molecule has 3 aliphatic heterocycles. The van der Waals surface area contributed by atoms with Gasteiger partial charge in [0, 0.05) is 24.7 Å². The number of para-hydroxylation sites is 1. The van der Waals surface area contributed by atoms with Crippen LogP contribution in [0.5, 0.6) is 5.75 Å². The van der Waals surface area contributed by atoms with Gasteiger partial charge in [0.1, 0.15) is 11.9 Å². The quantitative estimate of drug-likeness (QED) is 0.397. The molecule has 6 aliphatic rings. The summed E-state index contributed by atoms with van der Waals surface area (Å²) in [6.07, 6.45) is -1.08. The third kappa shape index (κ3) is 2.98. The van der Waals surface area contributed by atoms with Gasteiger partial charge in [0.05, 0.1) is 12.0 Å². The van der Waals surface area contributed by atoms with Gasteiger partial charge in [-0.1, -0.05) is 66.7 Å². The van der Waals surface area contributed by atoms with Crippen molar-refractivity contribution in [2.45, 2.75) is 53.8 Å². The Kier molecular flexibility index (Phi) is 4.66. The van der Waals surface area contributed by atoms with Gasteiger partial charge in [-0.2, -0.15) is 4.72 Å². The van der Waals surface area contributed by atoms with Crippen LogP contribution in [0.25, 0.3) is 0 Å². The summed E-state index contributed by atoms with van der Waals surface area (Å²) in [7, 11) is -4.28. The van der Waals surface area contributed by atoms with Gasteiger partial charge in [-0.25, -0.2) is 13.2 Å². The lowest BCUT2D eigenvalue weighted by Gasteiger charge is -2.45. The number of fused-ring (bicyclic) bond motifs is 2. The third-order valence-electron chi connectivity index (χ3n) is 9.21. The number of hydrogen-bond acceptors (Lipinski definition) is 7. The number of rotatable bonds is 4. The Labute approximate surface area is 225 Å². The first kappa shape index (κ1) is 23.4. The second kappa shape index (κ2) is 7.78. The Hall–Kier alpha value is -3.53. The number of sulfonamides is 1. The highest BCUT2D eigenvalue weighted by Gasteiger charge is 2.82. The van der Waals surface area contributed by atoms with Gasteiger partial charge in [0.2, 0.25) is 20.5 Å². The number of nitrogens with one attached hydrogen (secondary N) is 1. The minimum atomic E-state index is -4.28. The van der Waals surface area contributed by atoms with Crippen LogP contribution >= 0.6 is 0 Å². The first-order valence-electron chi connectivity index (χ1n) is 13.2. The average Bonchev–Trinajstić information content (AvgIpc) is 3.52. The maximum atomic E-state index is 14.0. The number of carbonyl (C=O) groups excluding carboxylic acids is 2. The van der Waals surface area contributed by atoms with E-state index >= 15 is 0 Å². The zero-order valence-electron chi connectivity index (χ0n) is 20.8. The fourth-order valence-electron chi connectivity index (χ4n) is 7.73. The van der Waals surface area contributed by atoms with E-state index in [1.54, 1.807) is 30.3 Å². The van der Waals surface area contributed by atoms with E-state index in [0.717, 1.165) is 11.1 Å². The van der Waals surface area contributed by atoms with Crippen LogP contribution < -0.4 is 9.46 Å². The predicted molar refractivity (Wildman–Crippen MR) is 138 cm³/mol. The summed E-state index contributed by atoms with van der Waals surface area (Å²) in [4.78, 5) is 27.4. The average molecular weight is 544 g/mol. The van der Waals surface area contributed by atoms with Crippen molar-refractivity contribution in [1.29, 1.82) is 0 Å². The molecule has 3 saturated heterocycles. The molecule has 5 atom stereocenters. The van der Waals surface area contributed by atoms with E-state index in [4.69, 9.17) is 14.2 Å². The predicted octanol–water partition coefficient (Wildman–Crippen LogP) is 3.36. The molecule has 39 heavy (non-hydrogen) atoms. The van der Waals surface area contributed by atoms with Crippen molar-refractivity contribution in [3.05, 3.63) is 101 Å². The SMILES string of the molecule is O=C(OC12CC3CC(C(=O)Oc4ccccc4)(C1O3)S(=O)(=O)N2)C1CC2c3ccccc3C1c1ccccc12. The molecule has 3 aliphatic carbocycles. The highest BCUT2D eigenvalue weighted by molar-refractivity contribution is 7.92. The molecule has 3 aromatic rings. The smallest absolute Gasteiger partial charge is 0.337 e. The molecule has 0 aromatic heterocycles. The second-order valence-electron chi connectivity index (χ2n) is 11.2. The zero-order chi connectivity index (χ0) is 26.6. The van der Waals surface area contributed by atoms with Crippen LogP contribution in [0.3, 0.4) is 0 Å². The van der Waals surface area contributed by atoms with Crippen LogP contribution in [0.15, 0.2) is 78.9 Å². The molecule has 8 nitrogen and oxygen atoms in total. The standard InChI is InChI=1S/C30H25NO7S/c32-26(24-14-23-19-10-4-6-12-21(19)25(24)22-13-7-5-11-20(22)23)38-30-16-18-15-29(27(30)36-18,39(34,35)31-30)28(33)37-17-8-2-1-3-9-17/h1-13,18,23-25,27,31H,14-16H2. The van der Waals surface area contributed by atoms with E-state index in [0.29, 0.717) is 6.42 Å². The van der Waals surface area contributed by atoms with Crippen LogP contribution in [0.4, 0.5) is 0 Å². The molecule has 3 fully saturated rings. The van der Waals surface area contributed by atoms with Gasteiger partial charge in [-0.05, 0) is 40.8 Å². The van der Waals surface area contributed by atoms with Crippen molar-refractivity contribution in [2.24, 2.45) is 5.92 Å². The summed E-state index contributed by atoms with van der Waals surface area (Å²) in [6.45, 7) is 0. The second-order valence-corrected chi connectivity index (χ2v) is 13.1. The van der Waals surface area contributed by atoms with Crippen molar-refractivity contribution >= 4 is 22.0 Å². The molecular weight excluding hydrogens is 518 g/mol. The summed E-state index contributed by atoms with van der Waals surface area (Å²) >= 11 is 0. The Bertz CT molecular complexity index is 1610. The number of carbonyl (C=O) groups is 2. The Morgan fingerprint density at radius 1 is 0.846 bits per heavy atom. The molecule has 9 heteroatoms. The van der Waals surface area contributed by atoms with Crippen LogP contribution in [0.1, 0.15) is 53.4 Å². The molecule has 9 rings (SSSR count). The van der Waals surface area contributed by atoms with Crippen LogP contribution in [0.2, 0.25) is 0 Å². The van der Waals surface area contributed by atoms with Crippen LogP contribution in [-0.4, -0.2) is 43.0 Å². The normalized spacial score (nSPS) is 35.7. The first-order chi connectivity index (χ1) is 18.8. The Morgan fingerprint density at radius 3 is 2.10 bits per heavy atom. The van der Waals surface area contributed by atoms with E-state index in [1.165, 1.54) is 11.1 Å². The lowest BCUT2D eigenvalue weighted by atomic mass is 9.59. The van der Waals surface area contributed by atoms with Crippen molar-refractivity contribution in [3.63, 3.8) is 0 Å². The number of benzene rings is 3. The van der Waals surface area contributed by atoms with Crippen molar-refractivity contribution in [1.82, 2.24) is 4.72 Å². The summed E-state index contributed by atoms with van der Waals surface area (Å²) in [5.41, 5.74) is 2.99. The first-order valence-corrected chi connectivity index (χ1v) is 14.7. The molecule has 0 saturated carbocycles. The maximum absolute atomic E-state index is 14.0. The molecule has 5 unspecified atom stereocenters. The molecule has 3 heterocycles. The van der Waals surface area contributed by atoms with Gasteiger partial charge in [-0.15, -0.1) is 0 Å². The zero-order valence-corrected chi connectivity index (χ0v) is 21.6. The number of esters is 2. The van der Waals surface area contributed by atoms with E-state index in [-0.39, 0.29) is 30.4 Å². The van der Waals surface area contributed by atoms with Crippen molar-refractivity contribution < 1.29 is 32.2 Å². The van der Waals surface area contributed by atoms with Gasteiger partial charge in [0.25, 0.3) is 0 Å². The van der Waals surface area contributed by atoms with Crippen LogP contribution in [-0.2, 0) is 29.1 Å². The monoisotopic (exact) mass is 543 g/mol. The number of hydrogen-bond donors (Lipinski definition) is 1. The summed E-state index contributed by atoms with van der Waals surface area (Å²) in [6, 6.07) is 24.7. The maximum Gasteiger partial charge on any atom is 0.337 e. The van der Waals surface area contributed by atoms with E-state index in [2.05, 4.69) is 29.0 Å². The Morgan fingerprint density at radius 2 is 1.46 bits per heavy atom. The van der Waals surface area contributed by atoms with Gasteiger partial charge < -0.3 is 14.2 Å². The molecule has 1 N–H and O–H groups in total. The lowest BCUT2D eigenvalue weighted by molar-refractivity contribution is -0.175. The summed E-state index contributed by atoms with van der Waals surface area (Å²) in [5, 5.41) is 0. The highest BCUT2D eigenvalue weighted by Crippen LogP contribution is 2.59. The molecule has 3 aromatic carbocycles. The fourth-order valence-corrected chi connectivity index (χ4v) is 9.80. The third-order valence-corrected chi connectivity index (χ3v) is 11.3. The van der Waals surface area contributed by atoms with Crippen molar-refractivity contribution in [2.75, 3.05) is 0 Å².